The molecule has 0 radical (unpaired) electrons. The summed E-state index contributed by atoms with van der Waals surface area (Å²) in [6, 6.07) is 5.69. The minimum Gasteiger partial charge on any atom is -0.496 e. The number of hydrogen-bond donors (Lipinski definition) is 0. The maximum atomic E-state index is 12.1. The molecule has 2 rings (SSSR count). The fourth-order valence-electron chi connectivity index (χ4n) is 2.84. The standard InChI is InChI=1S/C19H28O4/c1-21-12-5-3-4-6-13-23-19(20)16-10-11-17(15-8-7-9-15)18(14-16)22-2/h10-11,14-15H,3-9,12-13H2,1-2H3. The van der Waals surface area contributed by atoms with E-state index < -0.39 is 0 Å². The van der Waals surface area contributed by atoms with Gasteiger partial charge in [-0.2, -0.15) is 0 Å². The second-order valence-electron chi connectivity index (χ2n) is 6.13. The van der Waals surface area contributed by atoms with Gasteiger partial charge >= 0.3 is 5.97 Å². The van der Waals surface area contributed by atoms with Crippen molar-refractivity contribution in [2.75, 3.05) is 27.4 Å². The first-order valence-electron chi connectivity index (χ1n) is 8.60. The Bertz CT molecular complexity index is 494. The zero-order chi connectivity index (χ0) is 16.5. The third-order valence-electron chi connectivity index (χ3n) is 4.49. The average molecular weight is 320 g/mol. The number of esters is 1. The normalized spacial score (nSPS) is 14.3. The lowest BCUT2D eigenvalue weighted by molar-refractivity contribution is 0.0496. The lowest BCUT2D eigenvalue weighted by Gasteiger charge is -2.27. The quantitative estimate of drug-likeness (QED) is 0.475. The lowest BCUT2D eigenvalue weighted by Crippen LogP contribution is -2.12. The van der Waals surface area contributed by atoms with Gasteiger partial charge in [-0.3, -0.25) is 0 Å². The molecule has 0 atom stereocenters. The van der Waals surface area contributed by atoms with Crippen LogP contribution in [-0.2, 0) is 9.47 Å². The van der Waals surface area contributed by atoms with E-state index in [1.165, 1.54) is 24.8 Å². The molecule has 0 aromatic heterocycles. The zero-order valence-electron chi connectivity index (χ0n) is 14.3. The highest BCUT2D eigenvalue weighted by molar-refractivity contribution is 5.90. The number of unbranched alkanes of at least 4 members (excludes halogenated alkanes) is 3. The molecule has 4 heteroatoms. The van der Waals surface area contributed by atoms with Crippen LogP contribution < -0.4 is 4.74 Å². The van der Waals surface area contributed by atoms with Crippen molar-refractivity contribution in [1.29, 1.82) is 0 Å². The van der Waals surface area contributed by atoms with Crippen LogP contribution in [0.4, 0.5) is 0 Å². The predicted molar refractivity (Wildman–Crippen MR) is 90.2 cm³/mol. The summed E-state index contributed by atoms with van der Waals surface area (Å²) in [6.45, 7) is 1.27. The van der Waals surface area contributed by atoms with Crippen LogP contribution in [0, 0.1) is 0 Å². The van der Waals surface area contributed by atoms with Crippen LogP contribution in [-0.4, -0.2) is 33.4 Å². The Morgan fingerprint density at radius 1 is 1.09 bits per heavy atom. The monoisotopic (exact) mass is 320 g/mol. The van der Waals surface area contributed by atoms with E-state index in [9.17, 15) is 4.79 Å². The minimum absolute atomic E-state index is 0.264. The number of benzene rings is 1. The largest absolute Gasteiger partial charge is 0.496 e. The number of carbonyl (C=O) groups excluding carboxylic acids is 1. The summed E-state index contributed by atoms with van der Waals surface area (Å²) in [6.07, 6.45) is 7.82. The van der Waals surface area contributed by atoms with Gasteiger partial charge in [-0.1, -0.05) is 18.9 Å². The number of carbonyl (C=O) groups is 1. The van der Waals surface area contributed by atoms with Gasteiger partial charge in [0.2, 0.25) is 0 Å². The second-order valence-corrected chi connectivity index (χ2v) is 6.13. The first-order chi connectivity index (χ1) is 11.3. The van der Waals surface area contributed by atoms with E-state index in [0.29, 0.717) is 18.1 Å². The summed E-state index contributed by atoms with van der Waals surface area (Å²) in [5, 5.41) is 0. The van der Waals surface area contributed by atoms with Crippen molar-refractivity contribution >= 4 is 5.97 Å². The molecular formula is C19H28O4. The molecule has 1 saturated carbocycles. The Kier molecular flexibility index (Phi) is 7.40. The van der Waals surface area contributed by atoms with E-state index in [4.69, 9.17) is 14.2 Å². The van der Waals surface area contributed by atoms with Crippen molar-refractivity contribution in [2.45, 2.75) is 50.9 Å². The van der Waals surface area contributed by atoms with Gasteiger partial charge in [0, 0.05) is 13.7 Å². The molecule has 0 spiro atoms. The van der Waals surface area contributed by atoms with Crippen LogP contribution in [0.25, 0.3) is 0 Å². The van der Waals surface area contributed by atoms with E-state index in [0.717, 1.165) is 38.0 Å². The molecule has 0 N–H and O–H groups in total. The van der Waals surface area contributed by atoms with Crippen LogP contribution in [0.2, 0.25) is 0 Å². The Labute approximate surface area is 139 Å². The SMILES string of the molecule is COCCCCCCOC(=O)c1ccc(C2CCC2)c(OC)c1. The van der Waals surface area contributed by atoms with E-state index in [2.05, 4.69) is 0 Å². The Hall–Kier alpha value is -1.55. The van der Waals surface area contributed by atoms with Crippen molar-refractivity contribution in [3.8, 4) is 5.75 Å². The topological polar surface area (TPSA) is 44.8 Å². The van der Waals surface area contributed by atoms with Gasteiger partial charge < -0.3 is 14.2 Å². The van der Waals surface area contributed by atoms with E-state index in [-0.39, 0.29) is 5.97 Å². The van der Waals surface area contributed by atoms with E-state index >= 15 is 0 Å². The predicted octanol–water partition coefficient (Wildman–Crippen LogP) is 4.33. The van der Waals surface area contributed by atoms with E-state index in [1.807, 2.05) is 18.2 Å². The van der Waals surface area contributed by atoms with Gasteiger partial charge in [-0.25, -0.2) is 4.79 Å². The fraction of sp³-hybridized carbons (Fsp3) is 0.632. The summed E-state index contributed by atoms with van der Waals surface area (Å²) in [7, 11) is 3.37. The summed E-state index contributed by atoms with van der Waals surface area (Å²) in [5.41, 5.74) is 1.79. The molecular weight excluding hydrogens is 292 g/mol. The Morgan fingerprint density at radius 3 is 2.43 bits per heavy atom. The van der Waals surface area contributed by atoms with Crippen molar-refractivity contribution < 1.29 is 19.0 Å². The van der Waals surface area contributed by atoms with Crippen molar-refractivity contribution in [3.05, 3.63) is 29.3 Å². The Morgan fingerprint density at radius 2 is 1.83 bits per heavy atom. The van der Waals surface area contributed by atoms with Gasteiger partial charge in [-0.05, 0) is 55.7 Å². The highest BCUT2D eigenvalue weighted by Gasteiger charge is 2.23. The molecule has 1 aliphatic rings. The molecule has 0 bridgehead atoms. The zero-order valence-corrected chi connectivity index (χ0v) is 14.3. The molecule has 1 aliphatic carbocycles. The molecule has 0 heterocycles. The number of hydrogen-bond acceptors (Lipinski definition) is 4. The first kappa shape index (κ1) is 17.8. The molecule has 0 amide bonds. The van der Waals surface area contributed by atoms with Crippen LogP contribution in [0.3, 0.4) is 0 Å². The van der Waals surface area contributed by atoms with Crippen LogP contribution in [0.1, 0.15) is 66.8 Å². The highest BCUT2D eigenvalue weighted by atomic mass is 16.5. The summed E-state index contributed by atoms with van der Waals surface area (Å²) in [4.78, 5) is 12.1. The molecule has 0 aliphatic heterocycles. The van der Waals surface area contributed by atoms with Gasteiger partial charge in [0.25, 0.3) is 0 Å². The maximum Gasteiger partial charge on any atom is 0.338 e. The molecule has 4 nitrogen and oxygen atoms in total. The minimum atomic E-state index is -0.264. The van der Waals surface area contributed by atoms with Gasteiger partial charge in [0.1, 0.15) is 5.75 Å². The second kappa shape index (κ2) is 9.56. The maximum absolute atomic E-state index is 12.1. The van der Waals surface area contributed by atoms with Crippen LogP contribution in [0.15, 0.2) is 18.2 Å². The van der Waals surface area contributed by atoms with Crippen molar-refractivity contribution in [3.63, 3.8) is 0 Å². The molecule has 23 heavy (non-hydrogen) atoms. The lowest BCUT2D eigenvalue weighted by atomic mass is 9.79. The third kappa shape index (κ3) is 5.24. The molecule has 1 aromatic carbocycles. The van der Waals surface area contributed by atoms with Crippen molar-refractivity contribution in [1.82, 2.24) is 0 Å². The average Bonchev–Trinajstić information content (AvgIpc) is 2.52. The highest BCUT2D eigenvalue weighted by Crippen LogP contribution is 2.41. The molecule has 0 unspecified atom stereocenters. The molecule has 0 saturated heterocycles. The van der Waals surface area contributed by atoms with Crippen LogP contribution >= 0.6 is 0 Å². The van der Waals surface area contributed by atoms with Crippen LogP contribution in [0.5, 0.6) is 5.75 Å². The number of ether oxygens (including phenoxy) is 3. The third-order valence-corrected chi connectivity index (χ3v) is 4.49. The van der Waals surface area contributed by atoms with Crippen molar-refractivity contribution in [2.24, 2.45) is 0 Å². The smallest absolute Gasteiger partial charge is 0.338 e. The summed E-state index contributed by atoms with van der Waals surface area (Å²) in [5.74, 6) is 1.13. The van der Waals surface area contributed by atoms with E-state index in [1.54, 1.807) is 14.2 Å². The number of methoxy groups -OCH3 is 2. The van der Waals surface area contributed by atoms with Gasteiger partial charge in [0.05, 0.1) is 19.3 Å². The van der Waals surface area contributed by atoms with Gasteiger partial charge in [-0.15, -0.1) is 0 Å². The number of rotatable bonds is 10. The first-order valence-corrected chi connectivity index (χ1v) is 8.60. The van der Waals surface area contributed by atoms with Gasteiger partial charge in [0.15, 0.2) is 0 Å². The molecule has 1 fully saturated rings. The Balaban J connectivity index is 1.78. The summed E-state index contributed by atoms with van der Waals surface area (Å²) >= 11 is 0. The molecule has 1 aromatic rings. The fourth-order valence-corrected chi connectivity index (χ4v) is 2.84. The molecule has 128 valence electrons. The summed E-state index contributed by atoms with van der Waals surface area (Å²) < 4.78 is 15.8.